The van der Waals surface area contributed by atoms with Crippen molar-refractivity contribution in [3.8, 4) is 11.3 Å². The lowest BCUT2D eigenvalue weighted by Gasteiger charge is -2.08. The molecule has 7 heteroatoms. The van der Waals surface area contributed by atoms with Gasteiger partial charge in [-0.1, -0.05) is 12.1 Å². The van der Waals surface area contributed by atoms with E-state index in [1.165, 1.54) is 6.07 Å². The van der Waals surface area contributed by atoms with Crippen molar-refractivity contribution in [3.05, 3.63) is 53.9 Å². The van der Waals surface area contributed by atoms with E-state index in [4.69, 9.17) is 0 Å². The van der Waals surface area contributed by atoms with Gasteiger partial charge >= 0.3 is 6.18 Å². The van der Waals surface area contributed by atoms with E-state index in [0.717, 1.165) is 17.8 Å². The smallest absolute Gasteiger partial charge is 0.232 e. The summed E-state index contributed by atoms with van der Waals surface area (Å²) >= 11 is 0. The van der Waals surface area contributed by atoms with Gasteiger partial charge in [0.15, 0.2) is 5.65 Å². The van der Waals surface area contributed by atoms with Crippen LogP contribution in [-0.4, -0.2) is 14.6 Å². The van der Waals surface area contributed by atoms with Crippen molar-refractivity contribution in [2.75, 3.05) is 0 Å². The Labute approximate surface area is 129 Å². The summed E-state index contributed by atoms with van der Waals surface area (Å²) in [6.45, 7) is 1.83. The highest BCUT2D eigenvalue weighted by Crippen LogP contribution is 2.31. The van der Waals surface area contributed by atoms with Crippen molar-refractivity contribution in [3.63, 3.8) is 0 Å². The largest absolute Gasteiger partial charge is 0.416 e. The predicted octanol–water partition coefficient (Wildman–Crippen LogP) is 4.30. The molecule has 3 rings (SSSR count). The number of nitrogens with zero attached hydrogens (tertiary/aromatic N) is 3. The highest BCUT2D eigenvalue weighted by atomic mass is 79.9. The summed E-state index contributed by atoms with van der Waals surface area (Å²) in [5, 5.41) is 4.28. The summed E-state index contributed by atoms with van der Waals surface area (Å²) in [6.07, 6.45) is -2.63. The van der Waals surface area contributed by atoms with Gasteiger partial charge in [0.25, 0.3) is 0 Å². The SMILES string of the molecule is Br.Cc1cn2nc(-c3cccc(C(F)(F)F)c3)ccc2n1. The summed E-state index contributed by atoms with van der Waals surface area (Å²) < 4.78 is 39.7. The molecule has 3 aromatic rings. The third-order valence-electron chi connectivity index (χ3n) is 2.93. The van der Waals surface area contributed by atoms with Crippen molar-refractivity contribution in [1.82, 2.24) is 14.6 Å². The topological polar surface area (TPSA) is 30.2 Å². The van der Waals surface area contributed by atoms with Gasteiger partial charge in [-0.2, -0.15) is 18.3 Å². The Morgan fingerprint density at radius 1 is 1.10 bits per heavy atom. The molecule has 0 N–H and O–H groups in total. The molecule has 110 valence electrons. The van der Waals surface area contributed by atoms with Crippen LogP contribution in [0.1, 0.15) is 11.3 Å². The van der Waals surface area contributed by atoms with E-state index < -0.39 is 11.7 Å². The normalized spacial score (nSPS) is 11.4. The molecule has 0 atom stereocenters. The zero-order valence-corrected chi connectivity index (χ0v) is 12.6. The van der Waals surface area contributed by atoms with Crippen molar-refractivity contribution in [1.29, 1.82) is 0 Å². The number of halogens is 4. The van der Waals surface area contributed by atoms with Crippen LogP contribution >= 0.6 is 17.0 Å². The molecular weight excluding hydrogens is 347 g/mol. The molecule has 0 fully saturated rings. The van der Waals surface area contributed by atoms with Crippen LogP contribution in [0.3, 0.4) is 0 Å². The van der Waals surface area contributed by atoms with Crippen molar-refractivity contribution in [2.24, 2.45) is 0 Å². The standard InChI is InChI=1S/C14H10F3N3.BrH/c1-9-8-20-13(18-9)6-5-12(19-20)10-3-2-4-11(7-10)14(15,16)17;/h2-8H,1H3;1H. The van der Waals surface area contributed by atoms with Gasteiger partial charge in [-0.15, -0.1) is 17.0 Å². The average Bonchev–Trinajstić information content (AvgIpc) is 2.77. The number of benzene rings is 1. The first kappa shape index (κ1) is 15.5. The number of rotatable bonds is 1. The number of aromatic nitrogens is 3. The molecule has 0 aliphatic carbocycles. The van der Waals surface area contributed by atoms with Crippen molar-refractivity contribution >= 4 is 22.6 Å². The van der Waals surface area contributed by atoms with Crippen LogP contribution in [0.15, 0.2) is 42.6 Å². The molecular formula is C14H11BrF3N3. The van der Waals surface area contributed by atoms with Gasteiger partial charge in [0, 0.05) is 5.56 Å². The molecule has 0 spiro atoms. The lowest BCUT2D eigenvalue weighted by Crippen LogP contribution is -2.04. The first-order valence-corrected chi connectivity index (χ1v) is 5.94. The summed E-state index contributed by atoms with van der Waals surface area (Å²) in [7, 11) is 0. The van der Waals surface area contributed by atoms with Crippen LogP contribution in [0.25, 0.3) is 16.9 Å². The number of hydrogen-bond acceptors (Lipinski definition) is 2. The van der Waals surface area contributed by atoms with E-state index in [1.807, 2.05) is 6.92 Å². The van der Waals surface area contributed by atoms with Gasteiger partial charge in [0.05, 0.1) is 23.1 Å². The third kappa shape index (κ3) is 3.07. The quantitative estimate of drug-likeness (QED) is 0.649. The Balaban J connectivity index is 0.00000161. The third-order valence-corrected chi connectivity index (χ3v) is 2.93. The molecule has 0 aliphatic heterocycles. The first-order chi connectivity index (χ1) is 9.43. The fourth-order valence-corrected chi connectivity index (χ4v) is 2.01. The fourth-order valence-electron chi connectivity index (χ4n) is 2.01. The van der Waals surface area contributed by atoms with E-state index >= 15 is 0 Å². The molecule has 0 bridgehead atoms. The number of alkyl halides is 3. The number of fused-ring (bicyclic) bond motifs is 1. The predicted molar refractivity (Wildman–Crippen MR) is 78.5 cm³/mol. The lowest BCUT2D eigenvalue weighted by molar-refractivity contribution is -0.137. The second kappa shape index (κ2) is 5.48. The molecule has 1 aromatic carbocycles. The van der Waals surface area contributed by atoms with Crippen LogP contribution in [0.2, 0.25) is 0 Å². The maximum atomic E-state index is 12.7. The van der Waals surface area contributed by atoms with Crippen LogP contribution in [0.4, 0.5) is 13.2 Å². The monoisotopic (exact) mass is 357 g/mol. The lowest BCUT2D eigenvalue weighted by atomic mass is 10.1. The second-order valence-corrected chi connectivity index (χ2v) is 4.48. The molecule has 2 aromatic heterocycles. The molecule has 2 heterocycles. The maximum Gasteiger partial charge on any atom is 0.416 e. The van der Waals surface area contributed by atoms with E-state index in [9.17, 15) is 13.2 Å². The Hall–Kier alpha value is -1.89. The molecule has 0 radical (unpaired) electrons. The van der Waals surface area contributed by atoms with E-state index in [0.29, 0.717) is 16.9 Å². The average molecular weight is 358 g/mol. The Morgan fingerprint density at radius 2 is 1.86 bits per heavy atom. The number of aryl methyl sites for hydroxylation is 1. The van der Waals surface area contributed by atoms with Gasteiger partial charge in [0.2, 0.25) is 0 Å². The van der Waals surface area contributed by atoms with E-state index in [2.05, 4.69) is 10.1 Å². The molecule has 0 unspecified atom stereocenters. The molecule has 3 nitrogen and oxygen atoms in total. The Bertz CT molecular complexity index is 780. The van der Waals surface area contributed by atoms with Crippen LogP contribution in [0, 0.1) is 6.92 Å². The summed E-state index contributed by atoms with van der Waals surface area (Å²) in [6, 6.07) is 8.52. The summed E-state index contributed by atoms with van der Waals surface area (Å²) in [5.74, 6) is 0. The van der Waals surface area contributed by atoms with Gasteiger partial charge in [0.1, 0.15) is 0 Å². The first-order valence-electron chi connectivity index (χ1n) is 5.94. The van der Waals surface area contributed by atoms with E-state index in [1.54, 1.807) is 28.9 Å². The second-order valence-electron chi connectivity index (χ2n) is 4.48. The van der Waals surface area contributed by atoms with Gasteiger partial charge in [-0.25, -0.2) is 9.50 Å². The van der Waals surface area contributed by atoms with Crippen LogP contribution < -0.4 is 0 Å². The van der Waals surface area contributed by atoms with Gasteiger partial charge < -0.3 is 0 Å². The molecule has 0 saturated carbocycles. The van der Waals surface area contributed by atoms with Gasteiger partial charge in [-0.05, 0) is 31.2 Å². The van der Waals surface area contributed by atoms with E-state index in [-0.39, 0.29) is 17.0 Å². The minimum absolute atomic E-state index is 0. The molecule has 0 aliphatic rings. The fraction of sp³-hybridized carbons (Fsp3) is 0.143. The molecule has 21 heavy (non-hydrogen) atoms. The van der Waals surface area contributed by atoms with Gasteiger partial charge in [-0.3, -0.25) is 0 Å². The Morgan fingerprint density at radius 3 is 2.57 bits per heavy atom. The summed E-state index contributed by atoms with van der Waals surface area (Å²) in [5.41, 5.74) is 1.68. The van der Waals surface area contributed by atoms with Crippen LogP contribution in [-0.2, 0) is 6.18 Å². The minimum Gasteiger partial charge on any atom is -0.232 e. The highest BCUT2D eigenvalue weighted by Gasteiger charge is 2.30. The Kier molecular flexibility index (Phi) is 4.04. The molecule has 0 saturated heterocycles. The zero-order chi connectivity index (χ0) is 14.3. The number of imidazole rings is 1. The van der Waals surface area contributed by atoms with Crippen molar-refractivity contribution < 1.29 is 13.2 Å². The number of hydrogen-bond donors (Lipinski definition) is 0. The molecule has 0 amide bonds. The maximum absolute atomic E-state index is 12.7. The van der Waals surface area contributed by atoms with Crippen molar-refractivity contribution in [2.45, 2.75) is 13.1 Å². The highest BCUT2D eigenvalue weighted by molar-refractivity contribution is 8.93. The zero-order valence-electron chi connectivity index (χ0n) is 10.9. The minimum atomic E-state index is -4.36. The summed E-state index contributed by atoms with van der Waals surface area (Å²) in [4.78, 5) is 4.23. The van der Waals surface area contributed by atoms with Crippen LogP contribution in [0.5, 0.6) is 0 Å².